The predicted molar refractivity (Wildman–Crippen MR) is 110 cm³/mol. The summed E-state index contributed by atoms with van der Waals surface area (Å²) in [5.74, 6) is 1.31. The number of carbonyl (C=O) groups excluding carboxylic acids is 1. The Balaban J connectivity index is 1.60. The molecule has 0 aliphatic carbocycles. The number of fused-ring (bicyclic) bond motifs is 1. The minimum atomic E-state index is -0.861. The maximum absolute atomic E-state index is 12.4. The van der Waals surface area contributed by atoms with E-state index >= 15 is 0 Å². The summed E-state index contributed by atoms with van der Waals surface area (Å²) in [7, 11) is 1.60. The summed E-state index contributed by atoms with van der Waals surface area (Å²) in [6.45, 7) is 8.77. The van der Waals surface area contributed by atoms with Gasteiger partial charge < -0.3 is 29.3 Å². The molecular weight excluding hydrogens is 374 g/mol. The SMILES string of the molecule is COc1ccc2c(c1)N(CCN1CCC(N(C(=O)O)C(C)(C)C)CC1)C(=O)CO2. The number of rotatable bonds is 5. The first kappa shape index (κ1) is 21.2. The fourth-order valence-electron chi connectivity index (χ4n) is 4.19. The second-order valence-corrected chi connectivity index (χ2v) is 8.56. The van der Waals surface area contributed by atoms with Crippen LogP contribution in [0, 0.1) is 0 Å². The zero-order valence-electron chi connectivity index (χ0n) is 17.7. The van der Waals surface area contributed by atoms with Gasteiger partial charge in [-0.15, -0.1) is 0 Å². The molecule has 2 aliphatic rings. The highest BCUT2D eigenvalue weighted by molar-refractivity contribution is 5.98. The van der Waals surface area contributed by atoms with Crippen LogP contribution in [0.5, 0.6) is 11.5 Å². The van der Waals surface area contributed by atoms with Crippen LogP contribution in [0.4, 0.5) is 10.5 Å². The second kappa shape index (κ2) is 8.49. The van der Waals surface area contributed by atoms with Gasteiger partial charge in [0, 0.05) is 43.8 Å². The van der Waals surface area contributed by atoms with Crippen molar-refractivity contribution < 1.29 is 24.2 Å². The molecule has 0 saturated carbocycles. The Morgan fingerprint density at radius 3 is 2.55 bits per heavy atom. The van der Waals surface area contributed by atoms with Crippen molar-refractivity contribution >= 4 is 17.7 Å². The third kappa shape index (κ3) is 4.75. The molecule has 3 rings (SSSR count). The number of amides is 2. The first-order chi connectivity index (χ1) is 13.7. The normalized spacial score (nSPS) is 18.2. The van der Waals surface area contributed by atoms with E-state index in [1.807, 2.05) is 39.0 Å². The first-order valence-electron chi connectivity index (χ1n) is 10.1. The highest BCUT2D eigenvalue weighted by Crippen LogP contribution is 2.35. The summed E-state index contributed by atoms with van der Waals surface area (Å²) in [6, 6.07) is 5.50. The maximum atomic E-state index is 12.4. The largest absolute Gasteiger partial charge is 0.497 e. The van der Waals surface area contributed by atoms with E-state index in [0.717, 1.165) is 38.2 Å². The smallest absolute Gasteiger partial charge is 0.407 e. The number of nitrogens with zero attached hydrogens (tertiary/aromatic N) is 3. The zero-order valence-corrected chi connectivity index (χ0v) is 17.7. The Hall–Kier alpha value is -2.48. The van der Waals surface area contributed by atoms with Crippen LogP contribution < -0.4 is 14.4 Å². The third-order valence-electron chi connectivity index (χ3n) is 5.60. The van der Waals surface area contributed by atoms with Crippen molar-refractivity contribution in [1.82, 2.24) is 9.80 Å². The van der Waals surface area contributed by atoms with Crippen LogP contribution >= 0.6 is 0 Å². The van der Waals surface area contributed by atoms with Crippen LogP contribution in [0.3, 0.4) is 0 Å². The molecule has 1 saturated heterocycles. The number of benzene rings is 1. The van der Waals surface area contributed by atoms with E-state index in [2.05, 4.69) is 4.90 Å². The van der Waals surface area contributed by atoms with E-state index in [-0.39, 0.29) is 18.6 Å². The van der Waals surface area contributed by atoms with Gasteiger partial charge in [0.05, 0.1) is 12.8 Å². The number of ether oxygens (including phenoxy) is 2. The Labute approximate surface area is 172 Å². The summed E-state index contributed by atoms with van der Waals surface area (Å²) in [6.07, 6.45) is 0.733. The topological polar surface area (TPSA) is 82.5 Å². The van der Waals surface area contributed by atoms with Gasteiger partial charge in [-0.3, -0.25) is 4.79 Å². The molecule has 160 valence electrons. The summed E-state index contributed by atoms with van der Waals surface area (Å²) >= 11 is 0. The first-order valence-corrected chi connectivity index (χ1v) is 10.1. The van der Waals surface area contributed by atoms with E-state index in [0.29, 0.717) is 18.0 Å². The summed E-state index contributed by atoms with van der Waals surface area (Å²) in [4.78, 5) is 29.8. The van der Waals surface area contributed by atoms with Crippen molar-refractivity contribution in [2.45, 2.75) is 45.2 Å². The molecule has 0 bridgehead atoms. The van der Waals surface area contributed by atoms with Gasteiger partial charge in [0.2, 0.25) is 0 Å². The minimum Gasteiger partial charge on any atom is -0.497 e. The monoisotopic (exact) mass is 405 g/mol. The molecule has 2 amide bonds. The summed E-state index contributed by atoms with van der Waals surface area (Å²) in [5, 5.41) is 9.61. The second-order valence-electron chi connectivity index (χ2n) is 8.56. The van der Waals surface area contributed by atoms with Crippen molar-refractivity contribution in [2.24, 2.45) is 0 Å². The minimum absolute atomic E-state index is 0.0266. The van der Waals surface area contributed by atoms with E-state index in [9.17, 15) is 14.7 Å². The zero-order chi connectivity index (χ0) is 21.2. The van der Waals surface area contributed by atoms with Crippen LogP contribution in [0.15, 0.2) is 18.2 Å². The molecule has 0 spiro atoms. The van der Waals surface area contributed by atoms with Crippen molar-refractivity contribution in [3.05, 3.63) is 18.2 Å². The van der Waals surface area contributed by atoms with E-state index in [1.165, 1.54) is 0 Å². The fraction of sp³-hybridized carbons (Fsp3) is 0.619. The van der Waals surface area contributed by atoms with Crippen molar-refractivity contribution in [2.75, 3.05) is 44.8 Å². The molecule has 1 aromatic carbocycles. The van der Waals surface area contributed by atoms with E-state index < -0.39 is 11.6 Å². The Kier molecular flexibility index (Phi) is 6.21. The quantitative estimate of drug-likeness (QED) is 0.811. The standard InChI is InChI=1S/C21H31N3O5/c1-21(2,3)24(20(26)27)15-7-9-22(10-8-15)11-12-23-17-13-16(28-4)5-6-18(17)29-14-19(23)25/h5-6,13,15H,7-12,14H2,1-4H3,(H,26,27). The van der Waals surface area contributed by atoms with Gasteiger partial charge in [-0.2, -0.15) is 0 Å². The maximum Gasteiger partial charge on any atom is 0.407 e. The molecule has 8 nitrogen and oxygen atoms in total. The number of hydrogen-bond acceptors (Lipinski definition) is 5. The molecular formula is C21H31N3O5. The molecule has 2 heterocycles. The molecule has 0 radical (unpaired) electrons. The Morgan fingerprint density at radius 2 is 1.97 bits per heavy atom. The lowest BCUT2D eigenvalue weighted by Crippen LogP contribution is -2.55. The lowest BCUT2D eigenvalue weighted by Gasteiger charge is -2.43. The number of anilines is 1. The Morgan fingerprint density at radius 1 is 1.28 bits per heavy atom. The molecule has 1 fully saturated rings. The number of methoxy groups -OCH3 is 1. The number of piperidine rings is 1. The third-order valence-corrected chi connectivity index (χ3v) is 5.60. The molecule has 29 heavy (non-hydrogen) atoms. The van der Waals surface area contributed by atoms with Crippen molar-refractivity contribution in [3.63, 3.8) is 0 Å². The molecule has 1 N–H and O–H groups in total. The van der Waals surface area contributed by atoms with Crippen LogP contribution in [0.25, 0.3) is 0 Å². The fourth-order valence-corrected chi connectivity index (χ4v) is 4.19. The van der Waals surface area contributed by atoms with Crippen molar-refractivity contribution in [1.29, 1.82) is 0 Å². The van der Waals surface area contributed by atoms with Crippen LogP contribution in [0.2, 0.25) is 0 Å². The molecule has 2 aliphatic heterocycles. The van der Waals surface area contributed by atoms with E-state index in [4.69, 9.17) is 9.47 Å². The number of carboxylic acid groups (broad SMARTS) is 1. The number of likely N-dealkylation sites (tertiary alicyclic amines) is 1. The number of hydrogen-bond donors (Lipinski definition) is 1. The van der Waals surface area contributed by atoms with Gasteiger partial charge in [0.15, 0.2) is 6.61 Å². The highest BCUT2D eigenvalue weighted by Gasteiger charge is 2.35. The lowest BCUT2D eigenvalue weighted by atomic mass is 9.97. The highest BCUT2D eigenvalue weighted by atomic mass is 16.5. The van der Waals surface area contributed by atoms with Gasteiger partial charge in [-0.05, 0) is 45.7 Å². The van der Waals surface area contributed by atoms with Gasteiger partial charge in [0.25, 0.3) is 5.91 Å². The van der Waals surface area contributed by atoms with Crippen molar-refractivity contribution in [3.8, 4) is 11.5 Å². The molecule has 0 unspecified atom stereocenters. The molecule has 1 aromatic rings. The van der Waals surface area contributed by atoms with Crippen LogP contribution in [-0.4, -0.2) is 78.4 Å². The average molecular weight is 405 g/mol. The van der Waals surface area contributed by atoms with Crippen LogP contribution in [0.1, 0.15) is 33.6 Å². The summed E-state index contributed by atoms with van der Waals surface area (Å²) < 4.78 is 10.8. The van der Waals surface area contributed by atoms with Gasteiger partial charge in [-0.1, -0.05) is 0 Å². The average Bonchev–Trinajstić information content (AvgIpc) is 2.66. The van der Waals surface area contributed by atoms with Crippen LogP contribution in [-0.2, 0) is 4.79 Å². The lowest BCUT2D eigenvalue weighted by molar-refractivity contribution is -0.121. The molecule has 8 heteroatoms. The molecule has 0 atom stereocenters. The van der Waals surface area contributed by atoms with Gasteiger partial charge in [0.1, 0.15) is 11.5 Å². The Bertz CT molecular complexity index is 753. The number of carbonyl (C=O) groups is 2. The molecule has 0 aromatic heterocycles. The van der Waals surface area contributed by atoms with Gasteiger partial charge in [-0.25, -0.2) is 4.79 Å². The van der Waals surface area contributed by atoms with E-state index in [1.54, 1.807) is 16.9 Å². The predicted octanol–water partition coefficient (Wildman–Crippen LogP) is 2.66. The summed E-state index contributed by atoms with van der Waals surface area (Å²) in [5.41, 5.74) is 0.321. The van der Waals surface area contributed by atoms with Gasteiger partial charge >= 0.3 is 6.09 Å².